The molecule has 0 amide bonds. The van der Waals surface area contributed by atoms with E-state index in [4.69, 9.17) is 0 Å². The van der Waals surface area contributed by atoms with Crippen molar-refractivity contribution in [1.29, 1.82) is 0 Å². The maximum absolute atomic E-state index is 9.19. The van der Waals surface area contributed by atoms with Crippen molar-refractivity contribution >= 4 is 0 Å². The Morgan fingerprint density at radius 1 is 1.08 bits per heavy atom. The third-order valence-corrected chi connectivity index (χ3v) is 4.10. The predicted octanol–water partition coefficient (Wildman–Crippen LogP) is 3.12. The summed E-state index contributed by atoms with van der Waals surface area (Å²) in [4.78, 5) is 0. The Kier molecular flexibility index (Phi) is 2.92. The van der Waals surface area contributed by atoms with Crippen LogP contribution in [0.1, 0.15) is 57.8 Å². The van der Waals surface area contributed by atoms with Gasteiger partial charge in [-0.1, -0.05) is 32.1 Å². The summed E-state index contributed by atoms with van der Waals surface area (Å²) in [7, 11) is 0. The quantitative estimate of drug-likeness (QED) is 0.708. The molecule has 0 aromatic heterocycles. The zero-order valence-corrected chi connectivity index (χ0v) is 8.60. The Labute approximate surface area is 81.5 Å². The van der Waals surface area contributed by atoms with E-state index in [2.05, 4.69) is 0 Å². The van der Waals surface area contributed by atoms with E-state index < -0.39 is 0 Å². The molecule has 0 unspecified atom stereocenters. The van der Waals surface area contributed by atoms with Gasteiger partial charge in [0.1, 0.15) is 0 Å². The molecule has 0 saturated heterocycles. The van der Waals surface area contributed by atoms with Crippen molar-refractivity contribution in [1.82, 2.24) is 0 Å². The van der Waals surface area contributed by atoms with E-state index in [1.165, 1.54) is 57.8 Å². The van der Waals surface area contributed by atoms with Crippen molar-refractivity contribution < 1.29 is 5.11 Å². The van der Waals surface area contributed by atoms with Crippen LogP contribution in [-0.2, 0) is 0 Å². The molecule has 0 radical (unpaired) electrons. The van der Waals surface area contributed by atoms with Gasteiger partial charge in [-0.15, -0.1) is 0 Å². The van der Waals surface area contributed by atoms with Gasteiger partial charge in [0.2, 0.25) is 0 Å². The lowest BCUT2D eigenvalue weighted by Gasteiger charge is -2.23. The van der Waals surface area contributed by atoms with Gasteiger partial charge in [-0.3, -0.25) is 0 Å². The molecule has 0 bridgehead atoms. The van der Waals surface area contributed by atoms with Crippen LogP contribution in [0.2, 0.25) is 0 Å². The van der Waals surface area contributed by atoms with Gasteiger partial charge in [0.05, 0.1) is 0 Å². The molecular formula is C12H22O. The molecule has 0 aromatic carbocycles. The number of rotatable bonds is 4. The Bertz CT molecular complexity index is 155. The molecule has 1 heteroatoms. The Morgan fingerprint density at radius 3 is 2.31 bits per heavy atom. The minimum Gasteiger partial charge on any atom is -0.396 e. The van der Waals surface area contributed by atoms with E-state index in [-0.39, 0.29) is 0 Å². The van der Waals surface area contributed by atoms with Gasteiger partial charge in [-0.2, -0.15) is 0 Å². The highest BCUT2D eigenvalue weighted by Crippen LogP contribution is 2.50. The van der Waals surface area contributed by atoms with Crippen molar-refractivity contribution in [2.24, 2.45) is 11.3 Å². The number of aliphatic hydroxyl groups excluding tert-OH is 1. The zero-order valence-electron chi connectivity index (χ0n) is 8.60. The average molecular weight is 182 g/mol. The molecule has 2 aliphatic carbocycles. The van der Waals surface area contributed by atoms with Gasteiger partial charge in [0.15, 0.2) is 0 Å². The first-order chi connectivity index (χ1) is 6.35. The van der Waals surface area contributed by atoms with E-state index in [1.54, 1.807) is 0 Å². The van der Waals surface area contributed by atoms with Crippen LogP contribution in [0, 0.1) is 11.3 Å². The van der Waals surface area contributed by atoms with Gasteiger partial charge >= 0.3 is 0 Å². The SMILES string of the molecule is OCC1(CCC2CCCCC2)CC1. The fourth-order valence-electron chi connectivity index (χ4n) is 2.65. The summed E-state index contributed by atoms with van der Waals surface area (Å²) in [5.41, 5.74) is 0.400. The molecule has 2 aliphatic rings. The highest BCUT2D eigenvalue weighted by molar-refractivity contribution is 4.92. The Hall–Kier alpha value is -0.0400. The van der Waals surface area contributed by atoms with Crippen LogP contribution in [0.15, 0.2) is 0 Å². The predicted molar refractivity (Wildman–Crippen MR) is 54.6 cm³/mol. The normalized spacial score (nSPS) is 27.5. The summed E-state index contributed by atoms with van der Waals surface area (Å²) in [5, 5.41) is 9.19. The van der Waals surface area contributed by atoms with Crippen LogP contribution in [0.25, 0.3) is 0 Å². The molecule has 0 atom stereocenters. The van der Waals surface area contributed by atoms with E-state index in [9.17, 15) is 5.11 Å². The first kappa shape index (κ1) is 9.51. The highest BCUT2D eigenvalue weighted by atomic mass is 16.3. The number of aliphatic hydroxyl groups is 1. The lowest BCUT2D eigenvalue weighted by molar-refractivity contribution is 0.188. The summed E-state index contributed by atoms with van der Waals surface area (Å²) >= 11 is 0. The number of hydrogen-bond acceptors (Lipinski definition) is 1. The molecule has 0 heterocycles. The van der Waals surface area contributed by atoms with Crippen LogP contribution in [0.5, 0.6) is 0 Å². The third kappa shape index (κ3) is 2.46. The maximum atomic E-state index is 9.19. The molecule has 2 rings (SSSR count). The first-order valence-electron chi connectivity index (χ1n) is 5.96. The van der Waals surface area contributed by atoms with E-state index in [0.717, 1.165) is 5.92 Å². The highest BCUT2D eigenvalue weighted by Gasteiger charge is 2.41. The van der Waals surface area contributed by atoms with Crippen LogP contribution >= 0.6 is 0 Å². The monoisotopic (exact) mass is 182 g/mol. The molecule has 0 aliphatic heterocycles. The summed E-state index contributed by atoms with van der Waals surface area (Å²) in [6.07, 6.45) is 12.6. The lowest BCUT2D eigenvalue weighted by Crippen LogP contribution is -2.12. The summed E-state index contributed by atoms with van der Waals surface area (Å²) in [6.45, 7) is 0.444. The molecule has 0 aromatic rings. The van der Waals surface area contributed by atoms with Gasteiger partial charge in [-0.25, -0.2) is 0 Å². The molecule has 1 nitrogen and oxygen atoms in total. The Morgan fingerprint density at radius 2 is 1.77 bits per heavy atom. The fraction of sp³-hybridized carbons (Fsp3) is 1.00. The van der Waals surface area contributed by atoms with Gasteiger partial charge in [-0.05, 0) is 37.0 Å². The van der Waals surface area contributed by atoms with Crippen LogP contribution in [0.3, 0.4) is 0 Å². The standard InChI is InChI=1S/C12H22O/c13-10-12(8-9-12)7-6-11-4-2-1-3-5-11/h11,13H,1-10H2. The number of hydrogen-bond donors (Lipinski definition) is 1. The molecule has 76 valence electrons. The van der Waals surface area contributed by atoms with Gasteiger partial charge in [0, 0.05) is 6.61 Å². The zero-order chi connectivity index (χ0) is 9.15. The second kappa shape index (κ2) is 4.00. The molecular weight excluding hydrogens is 160 g/mol. The average Bonchev–Trinajstić information content (AvgIpc) is 2.97. The summed E-state index contributed by atoms with van der Waals surface area (Å²) in [6, 6.07) is 0. The van der Waals surface area contributed by atoms with Crippen molar-refractivity contribution in [3.8, 4) is 0 Å². The van der Waals surface area contributed by atoms with E-state index in [1.807, 2.05) is 0 Å². The minimum atomic E-state index is 0.400. The van der Waals surface area contributed by atoms with E-state index >= 15 is 0 Å². The fourth-order valence-corrected chi connectivity index (χ4v) is 2.65. The van der Waals surface area contributed by atoms with Crippen LogP contribution in [-0.4, -0.2) is 11.7 Å². The Balaban J connectivity index is 1.66. The van der Waals surface area contributed by atoms with Crippen molar-refractivity contribution in [2.75, 3.05) is 6.61 Å². The third-order valence-electron chi connectivity index (χ3n) is 4.10. The first-order valence-corrected chi connectivity index (χ1v) is 5.96. The second-order valence-corrected chi connectivity index (χ2v) is 5.20. The largest absolute Gasteiger partial charge is 0.396 e. The van der Waals surface area contributed by atoms with Crippen molar-refractivity contribution in [3.05, 3.63) is 0 Å². The minimum absolute atomic E-state index is 0.400. The van der Waals surface area contributed by atoms with Gasteiger partial charge < -0.3 is 5.11 Å². The van der Waals surface area contributed by atoms with Gasteiger partial charge in [0.25, 0.3) is 0 Å². The summed E-state index contributed by atoms with van der Waals surface area (Å²) in [5.74, 6) is 0.998. The smallest absolute Gasteiger partial charge is 0.0487 e. The molecule has 0 spiro atoms. The second-order valence-electron chi connectivity index (χ2n) is 5.20. The molecule has 2 saturated carbocycles. The molecule has 13 heavy (non-hydrogen) atoms. The molecule has 2 fully saturated rings. The van der Waals surface area contributed by atoms with Crippen LogP contribution < -0.4 is 0 Å². The van der Waals surface area contributed by atoms with E-state index in [0.29, 0.717) is 12.0 Å². The van der Waals surface area contributed by atoms with Crippen molar-refractivity contribution in [3.63, 3.8) is 0 Å². The lowest BCUT2D eigenvalue weighted by atomic mass is 9.83. The topological polar surface area (TPSA) is 20.2 Å². The molecule has 1 N–H and O–H groups in total. The summed E-state index contributed by atoms with van der Waals surface area (Å²) < 4.78 is 0. The van der Waals surface area contributed by atoms with Crippen molar-refractivity contribution in [2.45, 2.75) is 57.8 Å². The van der Waals surface area contributed by atoms with Crippen LogP contribution in [0.4, 0.5) is 0 Å². The maximum Gasteiger partial charge on any atom is 0.0487 e.